The van der Waals surface area contributed by atoms with Crippen LogP contribution in [-0.2, 0) is 0 Å². The second-order valence-corrected chi connectivity index (χ2v) is 8.50. The lowest BCUT2D eigenvalue weighted by Crippen LogP contribution is -2.28. The first-order valence-electron chi connectivity index (χ1n) is 11.3. The normalized spacial score (nSPS) is 19.0. The van der Waals surface area contributed by atoms with E-state index in [1.54, 1.807) is 6.26 Å². The van der Waals surface area contributed by atoms with Gasteiger partial charge < -0.3 is 19.0 Å². The summed E-state index contributed by atoms with van der Waals surface area (Å²) < 4.78 is 17.0. The summed E-state index contributed by atoms with van der Waals surface area (Å²) in [7, 11) is 0. The van der Waals surface area contributed by atoms with Crippen molar-refractivity contribution in [3.8, 4) is 34.1 Å². The van der Waals surface area contributed by atoms with Gasteiger partial charge in [0.2, 0.25) is 0 Å². The molecule has 2 unspecified atom stereocenters. The van der Waals surface area contributed by atoms with E-state index in [9.17, 15) is 5.11 Å². The van der Waals surface area contributed by atoms with Crippen LogP contribution in [-0.4, -0.2) is 52.6 Å². The van der Waals surface area contributed by atoms with Crippen molar-refractivity contribution in [3.63, 3.8) is 0 Å². The predicted molar refractivity (Wildman–Crippen MR) is 123 cm³/mol. The average Bonchev–Trinajstić information content (AvgIpc) is 3.62. The fraction of sp³-hybridized carbons (Fsp3) is 0.269. The number of likely N-dealkylation sites (tertiary alicyclic amines) is 1. The number of furan rings is 1. The molecule has 2 aliphatic rings. The number of β-amino-alcohol motifs (C(OH)–C–C–N with tert-alkyl or cyclic N) is 1. The maximum absolute atomic E-state index is 10.2. The molecule has 4 aromatic rings. The van der Waals surface area contributed by atoms with E-state index in [1.165, 1.54) is 0 Å². The summed E-state index contributed by atoms with van der Waals surface area (Å²) in [5.41, 5.74) is 5.22. The van der Waals surface area contributed by atoms with Gasteiger partial charge in [-0.1, -0.05) is 30.3 Å². The average molecular weight is 444 g/mol. The number of nitrogens with one attached hydrogen (secondary N) is 1. The fourth-order valence-corrected chi connectivity index (χ4v) is 4.79. The number of fused-ring (bicyclic) bond motifs is 1. The molecule has 0 aliphatic carbocycles. The van der Waals surface area contributed by atoms with E-state index in [1.807, 2.05) is 30.5 Å². The topological polar surface area (TPSA) is 83.8 Å². The third-order valence-corrected chi connectivity index (χ3v) is 6.39. The first-order chi connectivity index (χ1) is 16.3. The molecule has 7 nitrogen and oxygen atoms in total. The van der Waals surface area contributed by atoms with E-state index >= 15 is 0 Å². The minimum atomic E-state index is -0.316. The second-order valence-electron chi connectivity index (χ2n) is 8.50. The smallest absolute Gasteiger partial charge is 0.161 e. The summed E-state index contributed by atoms with van der Waals surface area (Å²) >= 11 is 0. The van der Waals surface area contributed by atoms with Crippen LogP contribution < -0.4 is 9.47 Å². The molecular weight excluding hydrogens is 418 g/mol. The van der Waals surface area contributed by atoms with Crippen LogP contribution in [0.1, 0.15) is 23.6 Å². The van der Waals surface area contributed by atoms with Crippen LogP contribution in [0.25, 0.3) is 22.6 Å². The van der Waals surface area contributed by atoms with Gasteiger partial charge in [-0.25, -0.2) is 0 Å². The van der Waals surface area contributed by atoms with E-state index in [4.69, 9.17) is 13.9 Å². The summed E-state index contributed by atoms with van der Waals surface area (Å²) in [5, 5.41) is 17.7. The number of ether oxygens (including phenoxy) is 2. The second kappa shape index (κ2) is 8.42. The van der Waals surface area contributed by atoms with Crippen molar-refractivity contribution in [1.82, 2.24) is 15.1 Å². The summed E-state index contributed by atoms with van der Waals surface area (Å²) in [6, 6.07) is 18.4. The molecule has 1 saturated heterocycles. The van der Waals surface area contributed by atoms with Crippen LogP contribution >= 0.6 is 0 Å². The van der Waals surface area contributed by atoms with Gasteiger partial charge in [-0.05, 0) is 47.4 Å². The van der Waals surface area contributed by atoms with Gasteiger partial charge in [-0.15, -0.1) is 0 Å². The van der Waals surface area contributed by atoms with Crippen molar-refractivity contribution in [1.29, 1.82) is 0 Å². The number of rotatable bonds is 5. The molecule has 4 heterocycles. The third kappa shape index (κ3) is 3.79. The Kier molecular flexibility index (Phi) is 5.13. The minimum Gasteiger partial charge on any atom is -0.486 e. The Balaban J connectivity index is 1.36. The molecule has 0 amide bonds. The SMILES string of the molecule is OC1CCN(C(c2ccc(-c3ccc4c(c3)OCCO4)cc2)c2cn[nH]c2-c2ccco2)C1. The van der Waals surface area contributed by atoms with E-state index in [0.717, 1.165) is 58.2 Å². The van der Waals surface area contributed by atoms with E-state index in [-0.39, 0.29) is 12.1 Å². The van der Waals surface area contributed by atoms with Gasteiger partial charge in [0.1, 0.15) is 18.9 Å². The lowest BCUT2D eigenvalue weighted by molar-refractivity contribution is 0.167. The molecule has 0 saturated carbocycles. The zero-order valence-electron chi connectivity index (χ0n) is 18.1. The molecule has 0 bridgehead atoms. The number of H-pyrrole nitrogens is 1. The number of hydrogen-bond acceptors (Lipinski definition) is 6. The van der Waals surface area contributed by atoms with E-state index < -0.39 is 0 Å². The third-order valence-electron chi connectivity index (χ3n) is 6.39. The lowest BCUT2D eigenvalue weighted by atomic mass is 9.94. The molecule has 1 fully saturated rings. The van der Waals surface area contributed by atoms with Crippen LogP contribution in [0.2, 0.25) is 0 Å². The molecule has 2 aromatic carbocycles. The molecule has 168 valence electrons. The molecule has 33 heavy (non-hydrogen) atoms. The van der Waals surface area contributed by atoms with Crippen molar-refractivity contribution in [3.05, 3.63) is 78.2 Å². The Bertz CT molecular complexity index is 1230. The monoisotopic (exact) mass is 443 g/mol. The molecule has 2 N–H and O–H groups in total. The van der Waals surface area contributed by atoms with Gasteiger partial charge >= 0.3 is 0 Å². The van der Waals surface area contributed by atoms with Crippen molar-refractivity contribution < 1.29 is 19.0 Å². The number of hydrogen-bond donors (Lipinski definition) is 2. The molecule has 0 radical (unpaired) electrons. The summed E-state index contributed by atoms with van der Waals surface area (Å²) in [5.74, 6) is 2.33. The standard InChI is InChI=1S/C26H25N3O4/c30-20-9-10-29(16-20)26(21-15-27-28-25(21)23-2-1-11-31-23)18-5-3-17(4-6-18)19-7-8-22-24(14-19)33-13-12-32-22/h1-8,11,14-15,20,26,30H,9-10,12-13,16H2,(H,27,28). The van der Waals surface area contributed by atoms with Crippen LogP contribution in [0, 0.1) is 0 Å². The zero-order chi connectivity index (χ0) is 22.2. The van der Waals surface area contributed by atoms with Gasteiger partial charge in [0, 0.05) is 18.7 Å². The Morgan fingerprint density at radius 3 is 2.58 bits per heavy atom. The number of aliphatic hydroxyl groups is 1. The largest absolute Gasteiger partial charge is 0.486 e. The van der Waals surface area contributed by atoms with Gasteiger partial charge in [0.15, 0.2) is 17.3 Å². The number of aromatic amines is 1. The molecule has 7 heteroatoms. The van der Waals surface area contributed by atoms with Gasteiger partial charge in [-0.3, -0.25) is 10.00 Å². The maximum atomic E-state index is 10.2. The van der Waals surface area contributed by atoms with Crippen molar-refractivity contribution in [2.45, 2.75) is 18.6 Å². The van der Waals surface area contributed by atoms with Crippen LogP contribution in [0.4, 0.5) is 0 Å². The van der Waals surface area contributed by atoms with E-state index in [0.29, 0.717) is 19.8 Å². The van der Waals surface area contributed by atoms with Gasteiger partial charge in [0.25, 0.3) is 0 Å². The predicted octanol–water partition coefficient (Wildman–Crippen LogP) is 4.26. The highest BCUT2D eigenvalue weighted by Crippen LogP contribution is 2.38. The Hall–Kier alpha value is -3.55. The molecule has 0 spiro atoms. The number of aliphatic hydroxyl groups excluding tert-OH is 1. The number of aromatic nitrogens is 2. The Morgan fingerprint density at radius 1 is 1.00 bits per heavy atom. The van der Waals surface area contributed by atoms with E-state index in [2.05, 4.69) is 45.4 Å². The van der Waals surface area contributed by atoms with Gasteiger partial charge in [-0.2, -0.15) is 5.10 Å². The molecule has 6 rings (SSSR count). The highest BCUT2D eigenvalue weighted by atomic mass is 16.6. The zero-order valence-corrected chi connectivity index (χ0v) is 18.1. The quantitative estimate of drug-likeness (QED) is 0.479. The minimum absolute atomic E-state index is 0.0460. The van der Waals surface area contributed by atoms with Crippen molar-refractivity contribution in [2.24, 2.45) is 0 Å². The number of nitrogens with zero attached hydrogens (tertiary/aromatic N) is 2. The fourth-order valence-electron chi connectivity index (χ4n) is 4.79. The van der Waals surface area contributed by atoms with Crippen molar-refractivity contribution >= 4 is 0 Å². The Morgan fingerprint density at radius 2 is 1.82 bits per heavy atom. The van der Waals surface area contributed by atoms with Gasteiger partial charge in [0.05, 0.1) is 24.6 Å². The summed E-state index contributed by atoms with van der Waals surface area (Å²) in [6.45, 7) is 2.60. The number of benzene rings is 2. The van der Waals surface area contributed by atoms with Crippen LogP contribution in [0.3, 0.4) is 0 Å². The highest BCUT2D eigenvalue weighted by molar-refractivity contribution is 5.68. The molecular formula is C26H25N3O4. The Labute approximate surface area is 191 Å². The van der Waals surface area contributed by atoms with Crippen molar-refractivity contribution in [2.75, 3.05) is 26.3 Å². The highest BCUT2D eigenvalue weighted by Gasteiger charge is 2.32. The maximum Gasteiger partial charge on any atom is 0.161 e. The lowest BCUT2D eigenvalue weighted by Gasteiger charge is -2.28. The summed E-state index contributed by atoms with van der Waals surface area (Å²) in [4.78, 5) is 2.31. The molecule has 2 atom stereocenters. The summed E-state index contributed by atoms with van der Waals surface area (Å²) in [6.07, 6.45) is 3.97. The van der Waals surface area contributed by atoms with Crippen LogP contribution in [0.15, 0.2) is 71.5 Å². The molecule has 2 aromatic heterocycles. The molecule has 2 aliphatic heterocycles. The van der Waals surface area contributed by atoms with Crippen LogP contribution in [0.5, 0.6) is 11.5 Å². The first kappa shape index (κ1) is 20.1. The first-order valence-corrected chi connectivity index (χ1v) is 11.3.